The fraction of sp³-hybridized carbons (Fsp3) is 0.500. The van der Waals surface area contributed by atoms with E-state index in [1.807, 2.05) is 13.2 Å². The van der Waals surface area contributed by atoms with E-state index in [4.69, 9.17) is 16.3 Å². The van der Waals surface area contributed by atoms with E-state index in [-0.39, 0.29) is 37.0 Å². The summed E-state index contributed by atoms with van der Waals surface area (Å²) >= 11 is 7.69. The molecule has 1 aliphatic rings. The molecule has 0 bridgehead atoms. The summed E-state index contributed by atoms with van der Waals surface area (Å²) in [5.41, 5.74) is 1.25. The third kappa shape index (κ3) is 6.10. The lowest BCUT2D eigenvalue weighted by Crippen LogP contribution is -2.47. The van der Waals surface area contributed by atoms with E-state index in [0.29, 0.717) is 46.7 Å². The highest BCUT2D eigenvalue weighted by Crippen LogP contribution is 2.31. The molecule has 2 heterocycles. The molecule has 0 aliphatic carbocycles. The number of hydrogen-bond donors (Lipinski definition) is 2. The predicted molar refractivity (Wildman–Crippen MR) is 124 cm³/mol. The third-order valence-electron chi connectivity index (χ3n) is 5.53. The summed E-state index contributed by atoms with van der Waals surface area (Å²) in [7, 11) is 0. The molecule has 174 valence electrons. The highest BCUT2D eigenvalue weighted by Gasteiger charge is 2.29. The summed E-state index contributed by atoms with van der Waals surface area (Å²) in [5, 5.41) is 3.77. The van der Waals surface area contributed by atoms with E-state index in [9.17, 15) is 14.0 Å². The third-order valence-corrected chi connectivity index (χ3v) is 6.44. The van der Waals surface area contributed by atoms with Crippen LogP contribution in [0.4, 0.5) is 4.39 Å². The molecular weight excluding hydrogens is 455 g/mol. The van der Waals surface area contributed by atoms with Crippen molar-refractivity contribution in [2.24, 2.45) is 0 Å². The van der Waals surface area contributed by atoms with Crippen LogP contribution < -0.4 is 10.9 Å². The number of aromatic nitrogens is 2. The van der Waals surface area contributed by atoms with Gasteiger partial charge in [-0.2, -0.15) is 0 Å². The van der Waals surface area contributed by atoms with Crippen molar-refractivity contribution in [3.8, 4) is 0 Å². The van der Waals surface area contributed by atoms with Crippen LogP contribution >= 0.6 is 23.4 Å². The summed E-state index contributed by atoms with van der Waals surface area (Å²) in [4.78, 5) is 34.0. The van der Waals surface area contributed by atoms with Crippen LogP contribution in [0.3, 0.4) is 0 Å². The fourth-order valence-electron chi connectivity index (χ4n) is 3.88. The van der Waals surface area contributed by atoms with E-state index in [1.54, 1.807) is 19.1 Å². The zero-order chi connectivity index (χ0) is 23.3. The van der Waals surface area contributed by atoms with Crippen molar-refractivity contribution >= 4 is 29.3 Å². The molecule has 1 aliphatic heterocycles. The minimum absolute atomic E-state index is 0.000966. The summed E-state index contributed by atoms with van der Waals surface area (Å²) in [6.45, 7) is 5.66. The molecule has 2 N–H and O–H groups in total. The van der Waals surface area contributed by atoms with Crippen molar-refractivity contribution in [1.29, 1.82) is 0 Å². The van der Waals surface area contributed by atoms with Gasteiger partial charge in [0.15, 0.2) is 5.16 Å². The number of morpholine rings is 1. The number of nitrogens with one attached hydrogen (secondary N) is 2. The molecule has 1 aromatic carbocycles. The molecule has 2 aromatic rings. The number of aryl methyl sites for hydroxylation is 1. The molecule has 1 saturated heterocycles. The Hall–Kier alpha value is -1.94. The summed E-state index contributed by atoms with van der Waals surface area (Å²) in [6, 6.07) is 4.17. The van der Waals surface area contributed by atoms with E-state index in [2.05, 4.69) is 20.2 Å². The Kier molecular flexibility index (Phi) is 8.70. The number of thioether (sulfide) groups is 1. The van der Waals surface area contributed by atoms with Crippen LogP contribution in [-0.4, -0.2) is 59.4 Å². The molecule has 0 spiro atoms. The van der Waals surface area contributed by atoms with Crippen molar-refractivity contribution in [2.75, 3.05) is 32.5 Å². The molecule has 1 fully saturated rings. The highest BCUT2D eigenvalue weighted by atomic mass is 35.5. The summed E-state index contributed by atoms with van der Waals surface area (Å²) in [6.07, 6.45) is 2.23. The van der Waals surface area contributed by atoms with Gasteiger partial charge in [0.1, 0.15) is 5.82 Å². The number of halogens is 2. The molecule has 0 saturated carbocycles. The van der Waals surface area contributed by atoms with Gasteiger partial charge >= 0.3 is 0 Å². The lowest BCUT2D eigenvalue weighted by Gasteiger charge is -2.38. The first kappa shape index (κ1) is 24.7. The molecule has 0 radical (unpaired) electrons. The minimum Gasteiger partial charge on any atom is -0.376 e. The summed E-state index contributed by atoms with van der Waals surface area (Å²) < 4.78 is 20.3. The van der Waals surface area contributed by atoms with Crippen LogP contribution in [0.1, 0.15) is 36.2 Å². The molecule has 3 rings (SSSR count). The smallest absolute Gasteiger partial charge is 0.254 e. The van der Waals surface area contributed by atoms with Crippen molar-refractivity contribution in [3.63, 3.8) is 0 Å². The van der Waals surface area contributed by atoms with Gasteiger partial charge in [0.25, 0.3) is 5.56 Å². The van der Waals surface area contributed by atoms with Crippen LogP contribution in [0.5, 0.6) is 0 Å². The number of H-pyrrole nitrogens is 1. The Morgan fingerprint density at radius 3 is 2.94 bits per heavy atom. The molecule has 1 aromatic heterocycles. The fourth-order valence-corrected chi connectivity index (χ4v) is 4.60. The molecule has 2 unspecified atom stereocenters. The topological polar surface area (TPSA) is 87.3 Å². The van der Waals surface area contributed by atoms with E-state index < -0.39 is 11.9 Å². The van der Waals surface area contributed by atoms with Gasteiger partial charge in [-0.05, 0) is 38.7 Å². The van der Waals surface area contributed by atoms with Crippen molar-refractivity contribution in [2.45, 2.75) is 44.0 Å². The molecule has 2 atom stereocenters. The van der Waals surface area contributed by atoms with E-state index >= 15 is 0 Å². The zero-order valence-corrected chi connectivity index (χ0v) is 20.0. The average Bonchev–Trinajstić information content (AvgIpc) is 2.75. The molecular formula is C22H28ClFN4O3S. The standard InChI is InChI=1S/C22H28ClFN4O3S/c1-13-12-28(9-10-31-13)18(20-16(23)5-4-6-17(20)24)11-25-19(29)8-7-15-14(2)26-22(32-3)27-21(15)30/h4-6,13,18H,7-12H2,1-3H3,(H,25,29)(H,26,27,30). The number of carbonyl (C=O) groups is 1. The van der Waals surface area contributed by atoms with Crippen LogP contribution in [-0.2, 0) is 16.0 Å². The Bertz CT molecular complexity index is 999. The first-order valence-corrected chi connectivity index (χ1v) is 12.1. The quantitative estimate of drug-likeness (QED) is 0.444. The van der Waals surface area contributed by atoms with Gasteiger partial charge in [-0.3, -0.25) is 14.5 Å². The second-order valence-corrected chi connectivity index (χ2v) is 8.97. The first-order chi connectivity index (χ1) is 15.3. The molecule has 1 amide bonds. The maximum absolute atomic E-state index is 14.7. The SMILES string of the molecule is CSc1nc(C)c(CCC(=O)NCC(c2c(F)cccc2Cl)N2CCOC(C)C2)c(=O)[nH]1. The van der Waals surface area contributed by atoms with Crippen LogP contribution in [0.15, 0.2) is 28.2 Å². The number of hydrogen-bond acceptors (Lipinski definition) is 6. The van der Waals surface area contributed by atoms with Gasteiger partial charge in [-0.1, -0.05) is 29.4 Å². The number of aromatic amines is 1. The second-order valence-electron chi connectivity index (χ2n) is 7.77. The maximum Gasteiger partial charge on any atom is 0.254 e. The average molecular weight is 483 g/mol. The predicted octanol–water partition coefficient (Wildman–Crippen LogP) is 3.10. The van der Waals surface area contributed by atoms with Crippen LogP contribution in [0.25, 0.3) is 0 Å². The normalized spacial score (nSPS) is 17.8. The Balaban J connectivity index is 1.69. The Morgan fingerprint density at radius 2 is 2.28 bits per heavy atom. The number of amides is 1. The molecule has 10 heteroatoms. The van der Waals surface area contributed by atoms with E-state index in [1.165, 1.54) is 17.8 Å². The van der Waals surface area contributed by atoms with Gasteiger partial charge in [0, 0.05) is 47.9 Å². The minimum atomic E-state index is -0.424. The number of nitrogens with zero attached hydrogens (tertiary/aromatic N) is 2. The van der Waals surface area contributed by atoms with Crippen LogP contribution in [0.2, 0.25) is 5.02 Å². The lowest BCUT2D eigenvalue weighted by molar-refractivity contribution is -0.121. The Labute approximate surface area is 196 Å². The number of ether oxygens (including phenoxy) is 1. The number of rotatable bonds is 8. The largest absolute Gasteiger partial charge is 0.376 e. The maximum atomic E-state index is 14.7. The molecule has 32 heavy (non-hydrogen) atoms. The van der Waals surface area contributed by atoms with Gasteiger partial charge in [-0.25, -0.2) is 9.37 Å². The second kappa shape index (κ2) is 11.3. The van der Waals surface area contributed by atoms with Gasteiger partial charge in [0.05, 0.1) is 18.8 Å². The van der Waals surface area contributed by atoms with Crippen molar-refractivity contribution < 1.29 is 13.9 Å². The monoisotopic (exact) mass is 482 g/mol. The zero-order valence-electron chi connectivity index (χ0n) is 18.4. The van der Waals surface area contributed by atoms with Gasteiger partial charge < -0.3 is 15.0 Å². The molecule has 7 nitrogen and oxygen atoms in total. The van der Waals surface area contributed by atoms with E-state index in [0.717, 1.165) is 0 Å². The highest BCUT2D eigenvalue weighted by molar-refractivity contribution is 7.98. The van der Waals surface area contributed by atoms with Crippen molar-refractivity contribution in [1.82, 2.24) is 20.2 Å². The lowest BCUT2D eigenvalue weighted by atomic mass is 10.0. The first-order valence-electron chi connectivity index (χ1n) is 10.5. The summed E-state index contributed by atoms with van der Waals surface area (Å²) in [5.74, 6) is -0.630. The van der Waals surface area contributed by atoms with Gasteiger partial charge in [-0.15, -0.1) is 0 Å². The Morgan fingerprint density at radius 1 is 1.50 bits per heavy atom. The number of carbonyl (C=O) groups excluding carboxylic acids is 1. The number of benzene rings is 1. The van der Waals surface area contributed by atoms with Gasteiger partial charge in [0.2, 0.25) is 5.91 Å². The van der Waals surface area contributed by atoms with Crippen LogP contribution in [0, 0.1) is 12.7 Å². The van der Waals surface area contributed by atoms with Crippen molar-refractivity contribution in [3.05, 3.63) is 56.2 Å².